The van der Waals surface area contributed by atoms with Crippen molar-refractivity contribution < 1.29 is 17.9 Å². The van der Waals surface area contributed by atoms with Gasteiger partial charge >= 0.3 is 6.18 Å². The van der Waals surface area contributed by atoms with Crippen molar-refractivity contribution in [2.45, 2.75) is 19.1 Å². The lowest BCUT2D eigenvalue weighted by Crippen LogP contribution is -2.42. The molecule has 1 unspecified atom stereocenters. The standard InChI is InChI=1S/C12H16ClF3N4O/c1-8(7-20-2-4-21-5-3-20)17-10-6-9(12(14,15)16)18-11(13)19-10/h6,8H,2-5,7H2,1H3,(H,17,18,19). The molecule has 0 bridgehead atoms. The van der Waals surface area contributed by atoms with Gasteiger partial charge in [0.25, 0.3) is 0 Å². The molecule has 1 aromatic heterocycles. The fourth-order valence-electron chi connectivity index (χ4n) is 2.11. The van der Waals surface area contributed by atoms with Gasteiger partial charge in [-0.05, 0) is 18.5 Å². The minimum atomic E-state index is -4.55. The summed E-state index contributed by atoms with van der Waals surface area (Å²) in [5.41, 5.74) is -1.05. The van der Waals surface area contributed by atoms with E-state index >= 15 is 0 Å². The molecule has 118 valence electrons. The molecule has 0 radical (unpaired) electrons. The number of halogens is 4. The van der Waals surface area contributed by atoms with Gasteiger partial charge in [-0.25, -0.2) is 9.97 Å². The summed E-state index contributed by atoms with van der Waals surface area (Å²) in [7, 11) is 0. The molecule has 1 saturated heterocycles. The van der Waals surface area contributed by atoms with Gasteiger partial charge in [0.1, 0.15) is 5.82 Å². The molecule has 2 rings (SSSR count). The van der Waals surface area contributed by atoms with Gasteiger partial charge in [-0.1, -0.05) is 0 Å². The molecule has 9 heteroatoms. The van der Waals surface area contributed by atoms with Crippen molar-refractivity contribution in [3.8, 4) is 0 Å². The van der Waals surface area contributed by atoms with E-state index in [2.05, 4.69) is 20.2 Å². The van der Waals surface area contributed by atoms with Crippen molar-refractivity contribution in [3.63, 3.8) is 0 Å². The molecule has 2 heterocycles. The van der Waals surface area contributed by atoms with Crippen LogP contribution in [0.3, 0.4) is 0 Å². The van der Waals surface area contributed by atoms with E-state index in [4.69, 9.17) is 16.3 Å². The summed E-state index contributed by atoms with van der Waals surface area (Å²) in [4.78, 5) is 9.15. The van der Waals surface area contributed by atoms with Crippen LogP contribution in [0.15, 0.2) is 6.07 Å². The molecule has 1 atom stereocenters. The third-order valence-corrected chi connectivity index (χ3v) is 3.19. The van der Waals surface area contributed by atoms with Gasteiger partial charge < -0.3 is 10.1 Å². The maximum absolute atomic E-state index is 12.7. The Balaban J connectivity index is 1.99. The van der Waals surface area contributed by atoms with Gasteiger partial charge in [0.15, 0.2) is 5.69 Å². The van der Waals surface area contributed by atoms with E-state index in [0.717, 1.165) is 19.2 Å². The van der Waals surface area contributed by atoms with Crippen LogP contribution < -0.4 is 5.32 Å². The van der Waals surface area contributed by atoms with Crippen LogP contribution in [-0.2, 0) is 10.9 Å². The third kappa shape index (κ3) is 4.98. The van der Waals surface area contributed by atoms with E-state index in [0.29, 0.717) is 19.8 Å². The molecule has 1 aliphatic heterocycles. The van der Waals surface area contributed by atoms with Crippen LogP contribution in [0.5, 0.6) is 0 Å². The molecule has 0 aromatic carbocycles. The van der Waals surface area contributed by atoms with Gasteiger partial charge in [0, 0.05) is 31.7 Å². The van der Waals surface area contributed by atoms with Crippen molar-refractivity contribution in [3.05, 3.63) is 17.0 Å². The first-order valence-electron chi connectivity index (χ1n) is 6.53. The maximum atomic E-state index is 12.7. The van der Waals surface area contributed by atoms with Crippen LogP contribution in [0, 0.1) is 0 Å². The first-order chi connectivity index (χ1) is 9.84. The summed E-state index contributed by atoms with van der Waals surface area (Å²) in [6, 6.07) is 0.789. The predicted octanol–water partition coefficient (Wildman–Crippen LogP) is 2.28. The molecule has 0 amide bonds. The lowest BCUT2D eigenvalue weighted by molar-refractivity contribution is -0.141. The Labute approximate surface area is 125 Å². The summed E-state index contributed by atoms with van der Waals surface area (Å²) in [5, 5.41) is 2.50. The van der Waals surface area contributed by atoms with E-state index < -0.39 is 17.2 Å². The largest absolute Gasteiger partial charge is 0.433 e. The smallest absolute Gasteiger partial charge is 0.379 e. The fraction of sp³-hybridized carbons (Fsp3) is 0.667. The average molecular weight is 325 g/mol. The molecule has 1 N–H and O–H groups in total. The number of morpholine rings is 1. The van der Waals surface area contributed by atoms with Crippen LogP contribution in [0.2, 0.25) is 5.28 Å². The molecule has 1 fully saturated rings. The lowest BCUT2D eigenvalue weighted by atomic mass is 10.2. The van der Waals surface area contributed by atoms with Gasteiger partial charge in [-0.2, -0.15) is 13.2 Å². The number of anilines is 1. The van der Waals surface area contributed by atoms with E-state index in [-0.39, 0.29) is 11.9 Å². The normalized spacial score (nSPS) is 18.5. The predicted molar refractivity (Wildman–Crippen MR) is 72.4 cm³/mol. The fourth-order valence-corrected chi connectivity index (χ4v) is 2.29. The minimum Gasteiger partial charge on any atom is -0.379 e. The van der Waals surface area contributed by atoms with E-state index in [9.17, 15) is 13.2 Å². The average Bonchev–Trinajstić information content (AvgIpc) is 2.37. The number of hydrogen-bond donors (Lipinski definition) is 1. The zero-order valence-corrected chi connectivity index (χ0v) is 12.2. The van der Waals surface area contributed by atoms with Gasteiger partial charge in [0.05, 0.1) is 13.2 Å². The molecule has 21 heavy (non-hydrogen) atoms. The number of nitrogens with zero attached hydrogens (tertiary/aromatic N) is 3. The Kier molecular flexibility index (Phi) is 5.23. The first kappa shape index (κ1) is 16.3. The summed E-state index contributed by atoms with van der Waals surface area (Å²) in [5.74, 6) is 0.0723. The summed E-state index contributed by atoms with van der Waals surface area (Å²) in [6.07, 6.45) is -4.55. The highest BCUT2D eigenvalue weighted by atomic mass is 35.5. The lowest BCUT2D eigenvalue weighted by Gasteiger charge is -2.29. The number of nitrogens with one attached hydrogen (secondary N) is 1. The van der Waals surface area contributed by atoms with E-state index in [1.54, 1.807) is 0 Å². The topological polar surface area (TPSA) is 50.3 Å². The molecule has 5 nitrogen and oxygen atoms in total. The zero-order chi connectivity index (χ0) is 15.5. The van der Waals surface area contributed by atoms with Crippen LogP contribution in [0.4, 0.5) is 19.0 Å². The highest BCUT2D eigenvalue weighted by Crippen LogP contribution is 2.29. The number of ether oxygens (including phenoxy) is 1. The van der Waals surface area contributed by atoms with Crippen LogP contribution in [-0.4, -0.2) is 53.8 Å². The summed E-state index contributed by atoms with van der Waals surface area (Å²) < 4.78 is 43.2. The quantitative estimate of drug-likeness (QED) is 0.861. The molecule has 0 spiro atoms. The Morgan fingerprint density at radius 1 is 1.38 bits per heavy atom. The number of hydrogen-bond acceptors (Lipinski definition) is 5. The summed E-state index contributed by atoms with van der Waals surface area (Å²) >= 11 is 5.54. The van der Waals surface area contributed by atoms with Crippen molar-refractivity contribution in [1.29, 1.82) is 0 Å². The molecule has 1 aliphatic rings. The number of alkyl halides is 3. The zero-order valence-electron chi connectivity index (χ0n) is 11.5. The van der Waals surface area contributed by atoms with E-state index in [1.807, 2.05) is 6.92 Å². The van der Waals surface area contributed by atoms with Gasteiger partial charge in [0.2, 0.25) is 5.28 Å². The second-order valence-corrected chi connectivity index (χ2v) is 5.20. The number of aromatic nitrogens is 2. The van der Waals surface area contributed by atoms with Gasteiger partial charge in [-0.15, -0.1) is 0 Å². The molecule has 0 saturated carbocycles. The highest BCUT2D eigenvalue weighted by Gasteiger charge is 2.33. The Bertz CT molecular complexity index is 480. The van der Waals surface area contributed by atoms with Gasteiger partial charge in [-0.3, -0.25) is 4.90 Å². The van der Waals surface area contributed by atoms with Crippen molar-refractivity contribution in [2.75, 3.05) is 38.2 Å². The monoisotopic (exact) mass is 324 g/mol. The maximum Gasteiger partial charge on any atom is 0.433 e. The number of rotatable bonds is 4. The SMILES string of the molecule is CC(CN1CCOCC1)Nc1cc(C(F)(F)F)nc(Cl)n1. The Hall–Kier alpha value is -1.12. The molecule has 0 aliphatic carbocycles. The second kappa shape index (κ2) is 6.76. The molecule has 1 aromatic rings. The Morgan fingerprint density at radius 2 is 2.05 bits per heavy atom. The van der Waals surface area contributed by atoms with E-state index in [1.165, 1.54) is 0 Å². The van der Waals surface area contributed by atoms with Crippen molar-refractivity contribution in [2.24, 2.45) is 0 Å². The van der Waals surface area contributed by atoms with Crippen LogP contribution >= 0.6 is 11.6 Å². The second-order valence-electron chi connectivity index (χ2n) is 4.86. The molecular weight excluding hydrogens is 309 g/mol. The van der Waals surface area contributed by atoms with Crippen LogP contribution in [0.1, 0.15) is 12.6 Å². The van der Waals surface area contributed by atoms with Crippen molar-refractivity contribution >= 4 is 17.4 Å². The first-order valence-corrected chi connectivity index (χ1v) is 6.91. The molecular formula is C12H16ClF3N4O. The summed E-state index contributed by atoms with van der Waals surface area (Å²) in [6.45, 7) is 5.52. The van der Waals surface area contributed by atoms with Crippen molar-refractivity contribution in [1.82, 2.24) is 14.9 Å². The van der Waals surface area contributed by atoms with Crippen LogP contribution in [0.25, 0.3) is 0 Å². The third-order valence-electron chi connectivity index (χ3n) is 3.02. The minimum absolute atomic E-state index is 0.0723. The highest BCUT2D eigenvalue weighted by molar-refractivity contribution is 6.28. The Morgan fingerprint density at radius 3 is 2.67 bits per heavy atom.